The van der Waals surface area contributed by atoms with Crippen LogP contribution in [0.3, 0.4) is 0 Å². The third kappa shape index (κ3) is 0.961. The monoisotopic (exact) mass is 183 g/mol. The second-order valence-corrected chi connectivity index (χ2v) is 3.26. The van der Waals surface area contributed by atoms with Crippen molar-refractivity contribution in [3.8, 4) is 0 Å². The number of rotatable bonds is 1. The summed E-state index contributed by atoms with van der Waals surface area (Å²) in [6.45, 7) is 0. The molecule has 2 fully saturated rings. The van der Waals surface area contributed by atoms with Crippen LogP contribution in [0.25, 0.3) is 0 Å². The van der Waals surface area contributed by atoms with Crippen molar-refractivity contribution in [3.63, 3.8) is 0 Å². The van der Waals surface area contributed by atoms with Gasteiger partial charge in [-0.3, -0.25) is 9.59 Å². The van der Waals surface area contributed by atoms with Gasteiger partial charge in [-0.15, -0.1) is 0 Å². The molecule has 2 unspecified atom stereocenters. The number of hydrogen-bond donors (Lipinski definition) is 0. The highest BCUT2D eigenvalue weighted by molar-refractivity contribution is 6.10. The first-order valence-corrected chi connectivity index (χ1v) is 4.07. The largest absolute Gasteiger partial charge is 0.467 e. The van der Waals surface area contributed by atoms with Crippen molar-refractivity contribution in [2.24, 2.45) is 0 Å². The maximum atomic E-state index is 11.3. The number of ether oxygens (including phenoxy) is 1. The van der Waals surface area contributed by atoms with Crippen LogP contribution in [0.1, 0.15) is 12.8 Å². The Morgan fingerprint density at radius 3 is 2.69 bits per heavy atom. The molecule has 0 saturated carbocycles. The van der Waals surface area contributed by atoms with Crippen LogP contribution in [-0.2, 0) is 19.1 Å². The molecule has 0 radical (unpaired) electrons. The van der Waals surface area contributed by atoms with Gasteiger partial charge in [0.25, 0.3) is 0 Å². The molecule has 0 aliphatic carbocycles. The lowest BCUT2D eigenvalue weighted by molar-refractivity contribution is -0.160. The molecule has 0 aromatic carbocycles. The van der Waals surface area contributed by atoms with E-state index in [1.54, 1.807) is 0 Å². The Kier molecular flexibility index (Phi) is 1.61. The fourth-order valence-corrected chi connectivity index (χ4v) is 1.88. The van der Waals surface area contributed by atoms with Gasteiger partial charge in [-0.1, -0.05) is 0 Å². The molecule has 70 valence electrons. The molecule has 5 nitrogen and oxygen atoms in total. The molecular weight excluding hydrogens is 174 g/mol. The number of carbonyl (C=O) groups is 3. The van der Waals surface area contributed by atoms with Gasteiger partial charge in [0.1, 0.15) is 0 Å². The summed E-state index contributed by atoms with van der Waals surface area (Å²) in [5, 5.41) is 0. The van der Waals surface area contributed by atoms with E-state index in [1.807, 2.05) is 0 Å². The van der Waals surface area contributed by atoms with Crippen LogP contribution in [0.4, 0.5) is 0 Å². The number of β-lactam (4-membered cyclic amide) rings is 1. The summed E-state index contributed by atoms with van der Waals surface area (Å²) < 4.78 is 4.45. The summed E-state index contributed by atoms with van der Waals surface area (Å²) in [6.07, 6.45) is 0.685. The third-order valence-corrected chi connectivity index (χ3v) is 2.54. The Balaban J connectivity index is 2.21. The Bertz CT molecular complexity index is 291. The number of esters is 1. The number of carbonyl (C=O) groups excluding carboxylic acids is 3. The summed E-state index contributed by atoms with van der Waals surface area (Å²) in [6, 6.07) is -1.01. The van der Waals surface area contributed by atoms with Crippen LogP contribution in [0, 0.1) is 0 Å². The zero-order valence-electron chi connectivity index (χ0n) is 7.15. The van der Waals surface area contributed by atoms with E-state index in [2.05, 4.69) is 4.74 Å². The van der Waals surface area contributed by atoms with Crippen LogP contribution in [0.15, 0.2) is 0 Å². The molecule has 2 aliphatic heterocycles. The highest BCUT2D eigenvalue weighted by atomic mass is 16.5. The second kappa shape index (κ2) is 2.55. The maximum absolute atomic E-state index is 11.3. The van der Waals surface area contributed by atoms with E-state index in [9.17, 15) is 14.4 Å². The first kappa shape index (κ1) is 8.22. The van der Waals surface area contributed by atoms with Crippen molar-refractivity contribution in [1.82, 2.24) is 4.90 Å². The average molecular weight is 183 g/mol. The lowest BCUT2D eigenvalue weighted by Gasteiger charge is -2.36. The topological polar surface area (TPSA) is 63.7 Å². The molecule has 2 saturated heterocycles. The van der Waals surface area contributed by atoms with Crippen molar-refractivity contribution in [3.05, 3.63) is 0 Å². The van der Waals surface area contributed by atoms with Gasteiger partial charge in [0.2, 0.25) is 5.91 Å². The molecule has 2 rings (SSSR count). The van der Waals surface area contributed by atoms with Crippen LogP contribution in [0.2, 0.25) is 0 Å². The fraction of sp³-hybridized carbons (Fsp3) is 0.625. The van der Waals surface area contributed by atoms with Crippen LogP contribution < -0.4 is 0 Å². The molecule has 0 aromatic heterocycles. The molecular formula is C8H9NO4. The van der Waals surface area contributed by atoms with E-state index in [-0.39, 0.29) is 17.7 Å². The molecule has 0 bridgehead atoms. The zero-order chi connectivity index (χ0) is 9.59. The van der Waals surface area contributed by atoms with E-state index in [0.29, 0.717) is 12.8 Å². The Hall–Kier alpha value is -1.39. The minimum Gasteiger partial charge on any atom is -0.467 e. The van der Waals surface area contributed by atoms with Crippen molar-refractivity contribution in [1.29, 1.82) is 0 Å². The highest BCUT2D eigenvalue weighted by Gasteiger charge is 2.53. The lowest BCUT2D eigenvalue weighted by atomic mass is 10.0. The number of hydrogen-bond acceptors (Lipinski definition) is 4. The standard InChI is InChI=1S/C8H9NO4/c1-13-8(12)7-5(10)2-4-3-6(11)9(4)7/h4,7H,2-3H2,1H3. The summed E-state index contributed by atoms with van der Waals surface area (Å²) in [5.74, 6) is -0.963. The lowest BCUT2D eigenvalue weighted by Crippen LogP contribution is -2.55. The maximum Gasteiger partial charge on any atom is 0.336 e. The molecule has 0 N–H and O–H groups in total. The van der Waals surface area contributed by atoms with Crippen molar-refractivity contribution in [2.45, 2.75) is 24.9 Å². The second-order valence-electron chi connectivity index (χ2n) is 3.26. The number of amides is 1. The molecule has 2 heterocycles. The summed E-state index contributed by atoms with van der Waals surface area (Å²) >= 11 is 0. The zero-order valence-corrected chi connectivity index (χ0v) is 7.15. The van der Waals surface area contributed by atoms with Crippen molar-refractivity contribution in [2.75, 3.05) is 7.11 Å². The number of methoxy groups -OCH3 is 1. The SMILES string of the molecule is COC(=O)C1C(=O)CC2CC(=O)N21. The molecule has 2 atom stereocenters. The van der Waals surface area contributed by atoms with Gasteiger partial charge >= 0.3 is 5.97 Å². The molecule has 13 heavy (non-hydrogen) atoms. The first-order valence-electron chi connectivity index (χ1n) is 4.07. The third-order valence-electron chi connectivity index (χ3n) is 2.54. The number of Topliss-reactive ketones (excluding diaryl/α,β-unsaturated/α-hetero) is 1. The van der Waals surface area contributed by atoms with Gasteiger partial charge < -0.3 is 9.64 Å². The van der Waals surface area contributed by atoms with Gasteiger partial charge in [-0.25, -0.2) is 4.79 Å². The minimum atomic E-state index is -0.962. The van der Waals surface area contributed by atoms with Gasteiger partial charge in [-0.2, -0.15) is 0 Å². The van der Waals surface area contributed by atoms with Gasteiger partial charge in [0.15, 0.2) is 11.8 Å². The Morgan fingerprint density at radius 1 is 1.46 bits per heavy atom. The van der Waals surface area contributed by atoms with E-state index in [4.69, 9.17) is 0 Å². The van der Waals surface area contributed by atoms with E-state index in [1.165, 1.54) is 12.0 Å². The number of fused-ring (bicyclic) bond motifs is 1. The number of ketones is 1. The summed E-state index contributed by atoms with van der Waals surface area (Å²) in [4.78, 5) is 34.8. The normalized spacial score (nSPS) is 31.3. The van der Waals surface area contributed by atoms with Gasteiger partial charge in [-0.05, 0) is 0 Å². The van der Waals surface area contributed by atoms with Gasteiger partial charge in [0, 0.05) is 18.9 Å². The molecule has 1 amide bonds. The van der Waals surface area contributed by atoms with E-state index in [0.717, 1.165) is 0 Å². The summed E-state index contributed by atoms with van der Waals surface area (Å²) in [7, 11) is 1.22. The first-order chi connectivity index (χ1) is 6.15. The van der Waals surface area contributed by atoms with Gasteiger partial charge in [0.05, 0.1) is 7.11 Å². The van der Waals surface area contributed by atoms with Crippen LogP contribution >= 0.6 is 0 Å². The molecule has 0 aromatic rings. The quantitative estimate of drug-likeness (QED) is 0.300. The molecule has 2 aliphatic rings. The van der Waals surface area contributed by atoms with Crippen LogP contribution in [0.5, 0.6) is 0 Å². The van der Waals surface area contributed by atoms with E-state index >= 15 is 0 Å². The van der Waals surface area contributed by atoms with E-state index < -0.39 is 12.0 Å². The van der Waals surface area contributed by atoms with Crippen LogP contribution in [-0.4, -0.2) is 41.8 Å². The minimum absolute atomic E-state index is 0.0518. The average Bonchev–Trinajstić information content (AvgIpc) is 2.36. The highest BCUT2D eigenvalue weighted by Crippen LogP contribution is 2.33. The van der Waals surface area contributed by atoms with Crippen molar-refractivity contribution < 1.29 is 19.1 Å². The predicted octanol–water partition coefficient (Wildman–Crippen LogP) is -0.898. The molecule has 0 spiro atoms. The predicted molar refractivity (Wildman–Crippen MR) is 40.7 cm³/mol. The number of nitrogens with zero attached hydrogens (tertiary/aromatic N) is 1. The van der Waals surface area contributed by atoms with Crippen molar-refractivity contribution >= 4 is 17.7 Å². The fourth-order valence-electron chi connectivity index (χ4n) is 1.88. The smallest absolute Gasteiger partial charge is 0.336 e. The Morgan fingerprint density at radius 2 is 2.15 bits per heavy atom. The summed E-state index contributed by atoms with van der Waals surface area (Å²) in [5.41, 5.74) is 0. The molecule has 5 heteroatoms. The Labute approximate surface area is 74.6 Å².